The third kappa shape index (κ3) is 6.46. The van der Waals surface area contributed by atoms with E-state index in [0.29, 0.717) is 26.0 Å². The van der Waals surface area contributed by atoms with Crippen LogP contribution in [0.1, 0.15) is 43.6 Å². The Morgan fingerprint density at radius 3 is 2.50 bits per heavy atom. The number of carboxylic acids is 1. The number of nitrogens with zero attached hydrogens (tertiary/aromatic N) is 1. The maximum Gasteiger partial charge on any atom is 0.333 e. The molecule has 1 heterocycles. The average Bonchev–Trinajstić information content (AvgIpc) is 3.14. The van der Waals surface area contributed by atoms with Crippen molar-refractivity contribution in [2.45, 2.75) is 52.2 Å². The van der Waals surface area contributed by atoms with Gasteiger partial charge in [0.25, 0.3) is 0 Å². The molecular weight excluding hydrogens is 374 g/mol. The van der Waals surface area contributed by atoms with Crippen LogP contribution in [-0.4, -0.2) is 41.6 Å². The van der Waals surface area contributed by atoms with Crippen molar-refractivity contribution in [2.75, 3.05) is 13.7 Å². The summed E-state index contributed by atoms with van der Waals surface area (Å²) in [6, 6.07) is 10.0. The number of carboxylic acid groups (broad SMARTS) is 1. The maximum atomic E-state index is 12.1. The van der Waals surface area contributed by atoms with Gasteiger partial charge in [-0.2, -0.15) is 0 Å². The number of amides is 1. The van der Waals surface area contributed by atoms with Gasteiger partial charge in [0, 0.05) is 31.4 Å². The first-order chi connectivity index (χ1) is 13.4. The van der Waals surface area contributed by atoms with Gasteiger partial charge in [0.05, 0.1) is 6.54 Å². The highest BCUT2D eigenvalue weighted by Crippen LogP contribution is 2.27. The fraction of sp³-hybridized carbons (Fsp3) is 0.455. The summed E-state index contributed by atoms with van der Waals surface area (Å²) in [6.07, 6.45) is 2.09. The van der Waals surface area contributed by atoms with E-state index in [0.717, 1.165) is 34.4 Å². The van der Waals surface area contributed by atoms with Gasteiger partial charge in [-0.3, -0.25) is 4.79 Å². The Morgan fingerprint density at radius 2 is 1.89 bits per heavy atom. The quantitative estimate of drug-likeness (QED) is 0.596. The minimum Gasteiger partial charge on any atom is -0.479 e. The molecule has 0 saturated heterocycles. The van der Waals surface area contributed by atoms with Gasteiger partial charge in [-0.25, -0.2) is 4.79 Å². The van der Waals surface area contributed by atoms with Crippen molar-refractivity contribution < 1.29 is 19.4 Å². The number of hydrogen-bond acceptors (Lipinski definition) is 4. The lowest BCUT2D eigenvalue weighted by molar-refractivity contribution is -0.150. The molecular formula is C22H29NO4S. The number of carbonyl (C=O) groups excluding carboxylic acids is 1. The Labute approximate surface area is 170 Å². The molecule has 0 aliphatic rings. The molecule has 6 heteroatoms. The monoisotopic (exact) mass is 403 g/mol. The van der Waals surface area contributed by atoms with E-state index < -0.39 is 12.1 Å². The Hall–Kier alpha value is -2.18. The second-order valence-corrected chi connectivity index (χ2v) is 7.83. The number of rotatable bonds is 11. The van der Waals surface area contributed by atoms with Gasteiger partial charge < -0.3 is 14.7 Å². The van der Waals surface area contributed by atoms with Crippen LogP contribution in [0.4, 0.5) is 0 Å². The number of thiophene rings is 1. The average molecular weight is 404 g/mol. The Bertz CT molecular complexity index is 769. The smallest absolute Gasteiger partial charge is 0.333 e. The molecule has 0 aliphatic heterocycles. The van der Waals surface area contributed by atoms with Crippen LogP contribution in [0.15, 0.2) is 35.7 Å². The zero-order valence-electron chi connectivity index (χ0n) is 16.8. The molecule has 152 valence electrons. The fourth-order valence-corrected chi connectivity index (χ4v) is 3.87. The summed E-state index contributed by atoms with van der Waals surface area (Å²) in [5, 5.41) is 11.3. The number of aliphatic carboxylic acids is 1. The molecule has 0 spiro atoms. The summed E-state index contributed by atoms with van der Waals surface area (Å²) < 4.78 is 5.28. The zero-order chi connectivity index (χ0) is 20.5. The summed E-state index contributed by atoms with van der Waals surface area (Å²) in [6.45, 7) is 4.88. The lowest BCUT2D eigenvalue weighted by atomic mass is 10.0. The van der Waals surface area contributed by atoms with Gasteiger partial charge in [-0.15, -0.1) is 11.3 Å². The molecule has 2 rings (SSSR count). The Morgan fingerprint density at radius 1 is 1.18 bits per heavy atom. The highest BCUT2D eigenvalue weighted by atomic mass is 32.1. The SMILES string of the molecule is CCCCC(=O)N(C)Cc1cc(-c2ccc(C[C@H](OCC)C(=O)O)cc2)cs1. The van der Waals surface area contributed by atoms with Crippen LogP contribution in [0, 0.1) is 0 Å². The molecule has 0 saturated carbocycles. The lowest BCUT2D eigenvalue weighted by Gasteiger charge is -2.15. The van der Waals surface area contributed by atoms with Crippen molar-refractivity contribution in [3.05, 3.63) is 46.2 Å². The fourth-order valence-electron chi connectivity index (χ4n) is 2.92. The minimum atomic E-state index is -0.939. The molecule has 2 aromatic rings. The molecule has 0 bridgehead atoms. The molecule has 5 nitrogen and oxygen atoms in total. The van der Waals surface area contributed by atoms with Gasteiger partial charge in [0.2, 0.25) is 5.91 Å². The first-order valence-corrected chi connectivity index (χ1v) is 10.6. The molecule has 28 heavy (non-hydrogen) atoms. The molecule has 1 aromatic heterocycles. The van der Waals surface area contributed by atoms with Gasteiger partial charge >= 0.3 is 5.97 Å². The third-order valence-corrected chi connectivity index (χ3v) is 5.49. The van der Waals surface area contributed by atoms with Gasteiger partial charge in [-0.05, 0) is 41.5 Å². The van der Waals surface area contributed by atoms with Crippen molar-refractivity contribution in [3.8, 4) is 11.1 Å². The third-order valence-electron chi connectivity index (χ3n) is 4.57. The van der Waals surface area contributed by atoms with Crippen molar-refractivity contribution in [2.24, 2.45) is 0 Å². The second-order valence-electron chi connectivity index (χ2n) is 6.84. The lowest BCUT2D eigenvalue weighted by Crippen LogP contribution is -2.26. The van der Waals surface area contributed by atoms with E-state index in [9.17, 15) is 14.7 Å². The number of ether oxygens (including phenoxy) is 1. The van der Waals surface area contributed by atoms with E-state index in [1.54, 1.807) is 23.2 Å². The van der Waals surface area contributed by atoms with Crippen LogP contribution in [-0.2, 0) is 27.3 Å². The molecule has 1 N–H and O–H groups in total. The van der Waals surface area contributed by atoms with Gasteiger partial charge in [0.1, 0.15) is 0 Å². The molecule has 0 unspecified atom stereocenters. The van der Waals surface area contributed by atoms with Crippen molar-refractivity contribution in [1.29, 1.82) is 0 Å². The first-order valence-electron chi connectivity index (χ1n) is 9.69. The predicted molar refractivity (Wildman–Crippen MR) is 113 cm³/mol. The summed E-state index contributed by atoms with van der Waals surface area (Å²) >= 11 is 1.65. The van der Waals surface area contributed by atoms with E-state index in [1.807, 2.05) is 31.3 Å². The zero-order valence-corrected chi connectivity index (χ0v) is 17.6. The topological polar surface area (TPSA) is 66.8 Å². The number of carbonyl (C=O) groups is 2. The van der Waals surface area contributed by atoms with Gasteiger partial charge in [0.15, 0.2) is 6.10 Å². The molecule has 0 radical (unpaired) electrons. The maximum absolute atomic E-state index is 12.1. The molecule has 1 atom stereocenters. The van der Waals surface area contributed by atoms with E-state index in [4.69, 9.17) is 4.74 Å². The minimum absolute atomic E-state index is 0.184. The summed E-state index contributed by atoms with van der Waals surface area (Å²) in [5.74, 6) is -0.755. The van der Waals surface area contributed by atoms with Crippen molar-refractivity contribution in [3.63, 3.8) is 0 Å². The van der Waals surface area contributed by atoms with Crippen molar-refractivity contribution >= 4 is 23.2 Å². The van der Waals surface area contributed by atoms with E-state index >= 15 is 0 Å². The second kappa shape index (κ2) is 11.0. The summed E-state index contributed by atoms with van der Waals surface area (Å²) in [5.41, 5.74) is 3.12. The normalized spacial score (nSPS) is 12.0. The Balaban J connectivity index is 1.99. The summed E-state index contributed by atoms with van der Waals surface area (Å²) in [4.78, 5) is 26.2. The highest BCUT2D eigenvalue weighted by molar-refractivity contribution is 7.10. The van der Waals surface area contributed by atoms with Gasteiger partial charge in [-0.1, -0.05) is 37.6 Å². The predicted octanol–water partition coefficient (Wildman–Crippen LogP) is 4.60. The number of hydrogen-bond donors (Lipinski definition) is 1. The van der Waals surface area contributed by atoms with E-state index in [-0.39, 0.29) is 5.91 Å². The number of unbranched alkanes of at least 4 members (excludes halogenated alkanes) is 1. The van der Waals surface area contributed by atoms with E-state index in [2.05, 4.69) is 18.4 Å². The van der Waals surface area contributed by atoms with Crippen LogP contribution in [0.2, 0.25) is 0 Å². The van der Waals surface area contributed by atoms with Crippen LogP contribution >= 0.6 is 11.3 Å². The molecule has 1 amide bonds. The van der Waals surface area contributed by atoms with Crippen LogP contribution in [0.5, 0.6) is 0 Å². The summed E-state index contributed by atoms with van der Waals surface area (Å²) in [7, 11) is 1.85. The van der Waals surface area contributed by atoms with Crippen molar-refractivity contribution in [1.82, 2.24) is 4.90 Å². The van der Waals surface area contributed by atoms with Crippen LogP contribution in [0.3, 0.4) is 0 Å². The number of benzene rings is 1. The molecule has 1 aromatic carbocycles. The Kier molecular flexibility index (Phi) is 8.67. The molecule has 0 fully saturated rings. The highest BCUT2D eigenvalue weighted by Gasteiger charge is 2.18. The first kappa shape index (κ1) is 22.1. The van der Waals surface area contributed by atoms with Crippen LogP contribution in [0.25, 0.3) is 11.1 Å². The largest absolute Gasteiger partial charge is 0.479 e. The van der Waals surface area contributed by atoms with Crippen LogP contribution < -0.4 is 0 Å². The molecule has 0 aliphatic carbocycles. The van der Waals surface area contributed by atoms with E-state index in [1.165, 1.54) is 0 Å². The standard InChI is InChI=1S/C22H29NO4S/c1-4-6-7-21(24)23(3)14-19-13-18(15-28-19)17-10-8-16(9-11-17)12-20(22(25)26)27-5-2/h8-11,13,15,20H,4-7,12,14H2,1-3H3,(H,25,26)/t20-/m0/s1.